The summed E-state index contributed by atoms with van der Waals surface area (Å²) >= 11 is 0. The Bertz CT molecular complexity index is 174. The largest absolute Gasteiger partial charge is 0.480 e. The van der Waals surface area contributed by atoms with Gasteiger partial charge < -0.3 is 15.2 Å². The molecule has 0 heterocycles. The average Bonchev–Trinajstić information content (AvgIpc) is 1.82. The van der Waals surface area contributed by atoms with Crippen LogP contribution in [-0.2, 0) is 9.53 Å². The van der Waals surface area contributed by atoms with Crippen LogP contribution >= 0.6 is 0 Å². The van der Waals surface area contributed by atoms with Gasteiger partial charge in [-0.2, -0.15) is 0 Å². The predicted molar refractivity (Wildman–Crippen MR) is 50.8 cm³/mol. The molecule has 0 amide bonds. The molecule has 0 aromatic heterocycles. The van der Waals surface area contributed by atoms with Gasteiger partial charge in [0.25, 0.3) is 0 Å². The van der Waals surface area contributed by atoms with E-state index in [-0.39, 0.29) is 11.7 Å². The van der Waals surface area contributed by atoms with Gasteiger partial charge in [-0.25, -0.2) is 0 Å². The van der Waals surface area contributed by atoms with Gasteiger partial charge in [0.05, 0.1) is 11.7 Å². The van der Waals surface area contributed by atoms with Crippen LogP contribution < -0.4 is 5.32 Å². The summed E-state index contributed by atoms with van der Waals surface area (Å²) in [4.78, 5) is 10.7. The molecular formula is C9H19NO3. The third-order valence-electron chi connectivity index (χ3n) is 1.59. The minimum Gasteiger partial charge on any atom is -0.480 e. The Labute approximate surface area is 79.3 Å². The van der Waals surface area contributed by atoms with E-state index in [1.165, 1.54) is 0 Å². The zero-order chi connectivity index (χ0) is 10.6. The number of aliphatic carboxylic acids is 1. The van der Waals surface area contributed by atoms with Crippen LogP contribution in [0.15, 0.2) is 0 Å². The van der Waals surface area contributed by atoms with Crippen molar-refractivity contribution < 1.29 is 14.6 Å². The summed E-state index contributed by atoms with van der Waals surface area (Å²) < 4.78 is 5.51. The summed E-state index contributed by atoms with van der Waals surface area (Å²) in [6.45, 7) is 7.45. The fourth-order valence-electron chi connectivity index (χ4n) is 1.18. The molecule has 0 saturated carbocycles. The monoisotopic (exact) mass is 189 g/mol. The summed E-state index contributed by atoms with van der Waals surface area (Å²) in [6, 6.07) is -0.653. The quantitative estimate of drug-likeness (QED) is 0.688. The molecule has 0 fully saturated rings. The number of rotatable bonds is 4. The van der Waals surface area contributed by atoms with Gasteiger partial charge in [0, 0.05) is 0 Å². The van der Waals surface area contributed by atoms with Gasteiger partial charge in [0.2, 0.25) is 0 Å². The second-order valence-electron chi connectivity index (χ2n) is 4.04. The van der Waals surface area contributed by atoms with Crippen LogP contribution in [0.1, 0.15) is 27.7 Å². The van der Waals surface area contributed by atoms with Crippen molar-refractivity contribution in [1.82, 2.24) is 5.32 Å². The van der Waals surface area contributed by atoms with Gasteiger partial charge in [-0.3, -0.25) is 4.79 Å². The Kier molecular flexibility index (Phi) is 4.36. The molecule has 4 nitrogen and oxygen atoms in total. The van der Waals surface area contributed by atoms with Gasteiger partial charge in [-0.15, -0.1) is 0 Å². The molecule has 78 valence electrons. The van der Waals surface area contributed by atoms with Crippen molar-refractivity contribution in [3.63, 3.8) is 0 Å². The highest BCUT2D eigenvalue weighted by Gasteiger charge is 2.27. The molecule has 0 aromatic rings. The van der Waals surface area contributed by atoms with E-state index in [1.807, 2.05) is 20.8 Å². The van der Waals surface area contributed by atoms with Crippen molar-refractivity contribution in [2.45, 2.75) is 45.4 Å². The lowest BCUT2D eigenvalue weighted by Gasteiger charge is -2.28. The second-order valence-corrected chi connectivity index (χ2v) is 4.04. The molecule has 2 atom stereocenters. The topological polar surface area (TPSA) is 58.6 Å². The highest BCUT2D eigenvalue weighted by Crippen LogP contribution is 2.12. The molecule has 1 unspecified atom stereocenters. The second kappa shape index (κ2) is 4.58. The van der Waals surface area contributed by atoms with E-state index in [9.17, 15) is 4.79 Å². The molecule has 0 saturated heterocycles. The normalized spacial score (nSPS) is 16.7. The van der Waals surface area contributed by atoms with E-state index < -0.39 is 12.0 Å². The zero-order valence-corrected chi connectivity index (χ0v) is 8.92. The average molecular weight is 189 g/mol. The standard InChI is InChI=1S/C9H19NO3/c1-6(13-9(2,3)4)7(10-5)8(11)12/h6-7,10H,1-5H3,(H,11,12)/t6?,7-/m0/s1. The van der Waals surface area contributed by atoms with Crippen LogP contribution in [0.2, 0.25) is 0 Å². The number of ether oxygens (including phenoxy) is 1. The summed E-state index contributed by atoms with van der Waals surface area (Å²) in [7, 11) is 1.61. The van der Waals surface area contributed by atoms with Gasteiger partial charge in [-0.1, -0.05) is 0 Å². The maximum absolute atomic E-state index is 10.7. The first kappa shape index (κ1) is 12.4. The maximum Gasteiger partial charge on any atom is 0.323 e. The number of hydrogen-bond acceptors (Lipinski definition) is 3. The first-order valence-corrected chi connectivity index (χ1v) is 4.36. The lowest BCUT2D eigenvalue weighted by atomic mass is 10.1. The molecule has 0 rings (SSSR count). The Morgan fingerprint density at radius 3 is 2.15 bits per heavy atom. The first-order chi connectivity index (χ1) is 5.78. The first-order valence-electron chi connectivity index (χ1n) is 4.36. The van der Waals surface area contributed by atoms with Crippen molar-refractivity contribution in [2.75, 3.05) is 7.05 Å². The minimum absolute atomic E-state index is 0.316. The van der Waals surface area contributed by atoms with Crippen LogP contribution in [0.3, 0.4) is 0 Å². The number of carboxylic acids is 1. The third-order valence-corrected chi connectivity index (χ3v) is 1.59. The summed E-state index contributed by atoms with van der Waals surface area (Å²) in [6.07, 6.45) is -0.345. The lowest BCUT2D eigenvalue weighted by Crippen LogP contribution is -2.46. The zero-order valence-electron chi connectivity index (χ0n) is 8.92. The molecule has 0 aliphatic rings. The molecular weight excluding hydrogens is 170 g/mol. The number of likely N-dealkylation sites (N-methyl/N-ethyl adjacent to an activating group) is 1. The Morgan fingerprint density at radius 1 is 1.46 bits per heavy atom. The van der Waals surface area contributed by atoms with Gasteiger partial charge in [0.15, 0.2) is 0 Å². The lowest BCUT2D eigenvalue weighted by molar-refractivity contribution is -0.147. The van der Waals surface area contributed by atoms with Crippen molar-refractivity contribution in [3.05, 3.63) is 0 Å². The van der Waals surface area contributed by atoms with Crippen LogP contribution in [0, 0.1) is 0 Å². The van der Waals surface area contributed by atoms with E-state index in [4.69, 9.17) is 9.84 Å². The third kappa shape index (κ3) is 4.85. The van der Waals surface area contributed by atoms with Gasteiger partial charge >= 0.3 is 5.97 Å². The predicted octanol–water partition coefficient (Wildman–Crippen LogP) is 0.863. The van der Waals surface area contributed by atoms with Crippen molar-refractivity contribution >= 4 is 5.97 Å². The van der Waals surface area contributed by atoms with Crippen LogP contribution in [-0.4, -0.2) is 35.9 Å². The summed E-state index contributed by atoms with van der Waals surface area (Å²) in [5.74, 6) is -0.890. The molecule has 0 spiro atoms. The number of hydrogen-bond donors (Lipinski definition) is 2. The van der Waals surface area contributed by atoms with Crippen molar-refractivity contribution in [2.24, 2.45) is 0 Å². The molecule has 0 aliphatic heterocycles. The van der Waals surface area contributed by atoms with E-state index in [0.29, 0.717) is 0 Å². The molecule has 0 aromatic carbocycles. The van der Waals surface area contributed by atoms with E-state index >= 15 is 0 Å². The summed E-state index contributed by atoms with van der Waals surface area (Å²) in [5, 5.41) is 11.5. The fraction of sp³-hybridized carbons (Fsp3) is 0.889. The molecule has 0 bridgehead atoms. The molecule has 0 radical (unpaired) electrons. The Morgan fingerprint density at radius 2 is 1.92 bits per heavy atom. The van der Waals surface area contributed by atoms with Crippen LogP contribution in [0.25, 0.3) is 0 Å². The minimum atomic E-state index is -0.890. The molecule has 0 aliphatic carbocycles. The van der Waals surface area contributed by atoms with Gasteiger partial charge in [-0.05, 0) is 34.7 Å². The highest BCUT2D eigenvalue weighted by molar-refractivity contribution is 5.74. The maximum atomic E-state index is 10.7. The Balaban J connectivity index is 4.22. The number of nitrogens with one attached hydrogen (secondary N) is 1. The number of carboxylic acid groups (broad SMARTS) is 1. The van der Waals surface area contributed by atoms with Crippen LogP contribution in [0.5, 0.6) is 0 Å². The smallest absolute Gasteiger partial charge is 0.323 e. The van der Waals surface area contributed by atoms with Crippen LogP contribution in [0.4, 0.5) is 0 Å². The number of carbonyl (C=O) groups is 1. The van der Waals surface area contributed by atoms with Crippen molar-refractivity contribution in [3.8, 4) is 0 Å². The SMILES string of the molecule is CN[C@H](C(=O)O)C(C)OC(C)(C)C. The molecule has 4 heteroatoms. The molecule has 13 heavy (non-hydrogen) atoms. The van der Waals surface area contributed by atoms with E-state index in [0.717, 1.165) is 0 Å². The summed E-state index contributed by atoms with van der Waals surface area (Å²) in [5.41, 5.74) is -0.316. The molecule has 2 N–H and O–H groups in total. The van der Waals surface area contributed by atoms with E-state index in [2.05, 4.69) is 5.32 Å². The van der Waals surface area contributed by atoms with Gasteiger partial charge in [0.1, 0.15) is 6.04 Å². The Hall–Kier alpha value is -0.610. The van der Waals surface area contributed by atoms with E-state index in [1.54, 1.807) is 14.0 Å². The highest BCUT2D eigenvalue weighted by atomic mass is 16.5. The fourth-order valence-corrected chi connectivity index (χ4v) is 1.18. The van der Waals surface area contributed by atoms with Crippen molar-refractivity contribution in [1.29, 1.82) is 0 Å².